The predicted molar refractivity (Wildman–Crippen MR) is 51.6 cm³/mol. The van der Waals surface area contributed by atoms with Crippen molar-refractivity contribution >= 4 is 11.7 Å². The molecule has 0 aromatic heterocycles. The van der Waals surface area contributed by atoms with Crippen molar-refractivity contribution in [2.24, 2.45) is 0 Å². The van der Waals surface area contributed by atoms with E-state index in [1.54, 1.807) is 13.0 Å². The van der Waals surface area contributed by atoms with E-state index in [2.05, 4.69) is 10.1 Å². The van der Waals surface area contributed by atoms with Crippen LogP contribution in [0.5, 0.6) is 0 Å². The van der Waals surface area contributed by atoms with Gasteiger partial charge in [-0.2, -0.15) is 0 Å². The molecule has 0 unspecified atom stereocenters. The third-order valence-electron chi connectivity index (χ3n) is 1.84. The van der Waals surface area contributed by atoms with Crippen LogP contribution in [0.2, 0.25) is 0 Å². The fourth-order valence-corrected chi connectivity index (χ4v) is 1.06. The molecule has 0 aliphatic rings. The van der Waals surface area contributed by atoms with E-state index in [4.69, 9.17) is 0 Å². The van der Waals surface area contributed by atoms with Crippen LogP contribution in [0.3, 0.4) is 0 Å². The second-order valence-electron chi connectivity index (χ2n) is 2.89. The maximum Gasteiger partial charge on any atom is 0.325 e. The minimum Gasteiger partial charge on any atom is -0.468 e. The second kappa shape index (κ2) is 4.60. The minimum absolute atomic E-state index is 0.0863. The molecule has 0 saturated carbocycles. The summed E-state index contributed by atoms with van der Waals surface area (Å²) in [6.45, 7) is 1.85. The predicted octanol–water partition coefficient (Wildman–Crippen LogP) is 1.72. The van der Waals surface area contributed by atoms with E-state index in [0.29, 0.717) is 0 Å². The lowest BCUT2D eigenvalue weighted by Gasteiger charge is -2.07. The molecule has 1 aromatic rings. The molecule has 0 amide bonds. The number of methoxy groups -OCH3 is 1. The van der Waals surface area contributed by atoms with E-state index < -0.39 is 0 Å². The Morgan fingerprint density at radius 3 is 2.86 bits per heavy atom. The topological polar surface area (TPSA) is 38.3 Å². The fraction of sp³-hybridized carbons (Fsp3) is 0.300. The van der Waals surface area contributed by atoms with E-state index in [-0.39, 0.29) is 18.3 Å². The van der Waals surface area contributed by atoms with Gasteiger partial charge in [-0.05, 0) is 30.7 Å². The van der Waals surface area contributed by atoms with Gasteiger partial charge in [0.15, 0.2) is 0 Å². The van der Waals surface area contributed by atoms with Crippen LogP contribution in [0.15, 0.2) is 18.2 Å². The highest BCUT2D eigenvalue weighted by Crippen LogP contribution is 2.14. The standard InChI is InChI=1S/C10H12FNO2/c1-7-5-8(11)3-4-9(7)12-6-10(13)14-2/h3-5,12H,6H2,1-2H3. The van der Waals surface area contributed by atoms with Crippen LogP contribution >= 0.6 is 0 Å². The van der Waals surface area contributed by atoms with Gasteiger partial charge in [0.05, 0.1) is 7.11 Å². The third kappa shape index (κ3) is 2.73. The zero-order valence-corrected chi connectivity index (χ0v) is 8.13. The second-order valence-corrected chi connectivity index (χ2v) is 2.89. The van der Waals surface area contributed by atoms with Crippen LogP contribution in [-0.4, -0.2) is 19.6 Å². The number of anilines is 1. The van der Waals surface area contributed by atoms with Crippen molar-refractivity contribution in [3.8, 4) is 0 Å². The molecule has 4 heteroatoms. The molecule has 0 bridgehead atoms. The van der Waals surface area contributed by atoms with Crippen LogP contribution in [0.4, 0.5) is 10.1 Å². The first-order valence-electron chi connectivity index (χ1n) is 4.20. The van der Waals surface area contributed by atoms with Gasteiger partial charge in [-0.15, -0.1) is 0 Å². The van der Waals surface area contributed by atoms with Gasteiger partial charge in [0.25, 0.3) is 0 Å². The lowest BCUT2D eigenvalue weighted by atomic mass is 10.2. The summed E-state index contributed by atoms with van der Waals surface area (Å²) in [6.07, 6.45) is 0. The number of hydrogen-bond donors (Lipinski definition) is 1. The van der Waals surface area contributed by atoms with Gasteiger partial charge < -0.3 is 10.1 Å². The van der Waals surface area contributed by atoms with Crippen molar-refractivity contribution in [2.45, 2.75) is 6.92 Å². The van der Waals surface area contributed by atoms with Crippen molar-refractivity contribution in [3.05, 3.63) is 29.6 Å². The summed E-state index contributed by atoms with van der Waals surface area (Å²) in [7, 11) is 1.32. The quantitative estimate of drug-likeness (QED) is 0.750. The van der Waals surface area contributed by atoms with Crippen LogP contribution in [-0.2, 0) is 9.53 Å². The Labute approximate surface area is 81.9 Å². The molecule has 0 saturated heterocycles. The molecule has 0 heterocycles. The number of ether oxygens (including phenoxy) is 1. The van der Waals surface area contributed by atoms with Crippen LogP contribution in [0.1, 0.15) is 5.56 Å². The van der Waals surface area contributed by atoms with Crippen molar-refractivity contribution in [1.29, 1.82) is 0 Å². The first-order valence-corrected chi connectivity index (χ1v) is 4.20. The Morgan fingerprint density at radius 1 is 1.57 bits per heavy atom. The number of aryl methyl sites for hydroxylation is 1. The van der Waals surface area contributed by atoms with Gasteiger partial charge in [0.2, 0.25) is 0 Å². The minimum atomic E-state index is -0.353. The molecule has 0 radical (unpaired) electrons. The highest BCUT2D eigenvalue weighted by atomic mass is 19.1. The van der Waals surface area contributed by atoms with Crippen molar-refractivity contribution in [3.63, 3.8) is 0 Å². The van der Waals surface area contributed by atoms with Crippen LogP contribution in [0.25, 0.3) is 0 Å². The molecule has 14 heavy (non-hydrogen) atoms. The van der Waals surface area contributed by atoms with Gasteiger partial charge in [0.1, 0.15) is 12.4 Å². The Balaban J connectivity index is 2.63. The number of rotatable bonds is 3. The number of benzene rings is 1. The molecule has 0 aliphatic heterocycles. The van der Waals surface area contributed by atoms with E-state index in [9.17, 15) is 9.18 Å². The lowest BCUT2D eigenvalue weighted by molar-refractivity contribution is -0.138. The fourth-order valence-electron chi connectivity index (χ4n) is 1.06. The highest BCUT2D eigenvalue weighted by Gasteiger charge is 2.02. The number of carbonyl (C=O) groups excluding carboxylic acids is 1. The van der Waals surface area contributed by atoms with E-state index in [1.165, 1.54) is 19.2 Å². The van der Waals surface area contributed by atoms with Gasteiger partial charge >= 0.3 is 5.97 Å². The molecule has 3 nitrogen and oxygen atoms in total. The Hall–Kier alpha value is -1.58. The molecule has 0 aliphatic carbocycles. The zero-order chi connectivity index (χ0) is 10.6. The number of halogens is 1. The molecule has 1 N–H and O–H groups in total. The summed E-state index contributed by atoms with van der Waals surface area (Å²) < 4.78 is 17.2. The van der Waals surface area contributed by atoms with E-state index in [0.717, 1.165) is 11.3 Å². The van der Waals surface area contributed by atoms with E-state index in [1.807, 2.05) is 0 Å². The Kier molecular flexibility index (Phi) is 3.45. The number of nitrogens with one attached hydrogen (secondary N) is 1. The van der Waals surface area contributed by atoms with Crippen LogP contribution < -0.4 is 5.32 Å². The van der Waals surface area contributed by atoms with Gasteiger partial charge in [-0.3, -0.25) is 4.79 Å². The third-order valence-corrected chi connectivity index (χ3v) is 1.84. The molecule has 76 valence electrons. The summed E-state index contributed by atoms with van der Waals surface area (Å²) in [5, 5.41) is 2.85. The molecule has 1 aromatic carbocycles. The molecular weight excluding hydrogens is 185 g/mol. The smallest absolute Gasteiger partial charge is 0.325 e. The Bertz CT molecular complexity index is 339. The van der Waals surface area contributed by atoms with E-state index >= 15 is 0 Å². The Morgan fingerprint density at radius 2 is 2.29 bits per heavy atom. The normalized spacial score (nSPS) is 9.64. The first-order chi connectivity index (χ1) is 6.63. The summed E-state index contributed by atoms with van der Waals surface area (Å²) >= 11 is 0. The maximum atomic E-state index is 12.7. The maximum absolute atomic E-state index is 12.7. The summed E-state index contributed by atoms with van der Waals surface area (Å²) in [4.78, 5) is 10.8. The van der Waals surface area contributed by atoms with Gasteiger partial charge in [-0.1, -0.05) is 0 Å². The number of carbonyl (C=O) groups is 1. The lowest BCUT2D eigenvalue weighted by Crippen LogP contribution is -2.15. The molecule has 0 atom stereocenters. The SMILES string of the molecule is COC(=O)CNc1ccc(F)cc1C. The van der Waals surface area contributed by atoms with Crippen molar-refractivity contribution in [1.82, 2.24) is 0 Å². The van der Waals surface area contributed by atoms with Crippen LogP contribution in [0, 0.1) is 12.7 Å². The summed E-state index contributed by atoms with van der Waals surface area (Å²) in [6, 6.07) is 4.33. The summed E-state index contributed by atoms with van der Waals surface area (Å²) in [5.74, 6) is -0.639. The highest BCUT2D eigenvalue weighted by molar-refractivity contribution is 5.75. The van der Waals surface area contributed by atoms with Gasteiger partial charge in [0, 0.05) is 5.69 Å². The number of hydrogen-bond acceptors (Lipinski definition) is 3. The largest absolute Gasteiger partial charge is 0.468 e. The molecular formula is C10H12FNO2. The number of esters is 1. The summed E-state index contributed by atoms with van der Waals surface area (Å²) in [5.41, 5.74) is 1.49. The zero-order valence-electron chi connectivity index (χ0n) is 8.13. The molecule has 1 rings (SSSR count). The van der Waals surface area contributed by atoms with Gasteiger partial charge in [-0.25, -0.2) is 4.39 Å². The molecule has 0 spiro atoms. The van der Waals surface area contributed by atoms with Crippen molar-refractivity contribution < 1.29 is 13.9 Å². The van der Waals surface area contributed by atoms with Crippen molar-refractivity contribution in [2.75, 3.05) is 19.0 Å². The average molecular weight is 197 g/mol. The molecule has 0 fully saturated rings. The monoisotopic (exact) mass is 197 g/mol. The average Bonchev–Trinajstić information content (AvgIpc) is 2.16. The first kappa shape index (κ1) is 10.5.